The predicted octanol–water partition coefficient (Wildman–Crippen LogP) is 3.67. The zero-order valence-corrected chi connectivity index (χ0v) is 7.72. The molecule has 69 valence electrons. The molecule has 1 aliphatic carbocycles. The Hall–Kier alpha value is -0.850. The lowest BCUT2D eigenvalue weighted by atomic mass is 9.84. The van der Waals surface area contributed by atoms with Gasteiger partial charge in [0.1, 0.15) is 5.82 Å². The first kappa shape index (κ1) is 8.74. The van der Waals surface area contributed by atoms with Crippen molar-refractivity contribution in [2.45, 2.75) is 38.0 Å². The van der Waals surface area contributed by atoms with Crippen molar-refractivity contribution in [1.82, 2.24) is 0 Å². The lowest BCUT2D eigenvalue weighted by Gasteiger charge is -2.21. The predicted molar refractivity (Wildman–Crippen MR) is 51.1 cm³/mol. The normalized spacial score (nSPS) is 18.8. The zero-order valence-electron chi connectivity index (χ0n) is 7.72. The second-order valence-corrected chi connectivity index (χ2v) is 3.77. The Morgan fingerprint density at radius 3 is 2.69 bits per heavy atom. The molecule has 1 aromatic carbocycles. The number of rotatable bonds is 1. The fourth-order valence-corrected chi connectivity index (χ4v) is 2.16. The smallest absolute Gasteiger partial charge is 0.134 e. The van der Waals surface area contributed by atoms with Crippen LogP contribution in [0.1, 0.15) is 43.6 Å². The first-order valence-electron chi connectivity index (χ1n) is 5.04. The van der Waals surface area contributed by atoms with E-state index >= 15 is 0 Å². The van der Waals surface area contributed by atoms with Gasteiger partial charge in [-0.1, -0.05) is 37.5 Å². The third-order valence-electron chi connectivity index (χ3n) is 2.88. The van der Waals surface area contributed by atoms with E-state index in [0.717, 1.165) is 18.4 Å². The molecule has 1 heteroatoms. The summed E-state index contributed by atoms with van der Waals surface area (Å²) in [4.78, 5) is 0. The van der Waals surface area contributed by atoms with Gasteiger partial charge < -0.3 is 0 Å². The van der Waals surface area contributed by atoms with Crippen molar-refractivity contribution in [2.24, 2.45) is 0 Å². The lowest BCUT2D eigenvalue weighted by Crippen LogP contribution is -2.06. The number of hydrogen-bond donors (Lipinski definition) is 0. The number of benzene rings is 1. The van der Waals surface area contributed by atoms with Gasteiger partial charge >= 0.3 is 0 Å². The summed E-state index contributed by atoms with van der Waals surface area (Å²) in [5, 5.41) is 0. The van der Waals surface area contributed by atoms with E-state index in [1.807, 2.05) is 12.1 Å². The standard InChI is InChI=1S/C12H14F/c13-12-9-5-4-8-11(12)10-6-2-1-3-7-10/h4-5,8,10H,1-3,6-7H2. The number of hydrogen-bond acceptors (Lipinski definition) is 0. The van der Waals surface area contributed by atoms with Crippen LogP contribution in [-0.4, -0.2) is 0 Å². The maximum Gasteiger partial charge on any atom is 0.134 e. The molecule has 2 rings (SSSR count). The molecule has 1 aromatic rings. The average molecular weight is 177 g/mol. The first-order chi connectivity index (χ1) is 6.38. The largest absolute Gasteiger partial charge is 0.206 e. The third kappa shape index (κ3) is 1.90. The molecule has 0 aromatic heterocycles. The molecule has 0 saturated heterocycles. The second-order valence-electron chi connectivity index (χ2n) is 3.77. The summed E-state index contributed by atoms with van der Waals surface area (Å²) in [6, 6.07) is 8.06. The minimum absolute atomic E-state index is 0.144. The Morgan fingerprint density at radius 2 is 2.00 bits per heavy atom. The Bertz CT molecular complexity index is 274. The molecule has 1 saturated carbocycles. The Morgan fingerprint density at radius 1 is 1.23 bits per heavy atom. The van der Waals surface area contributed by atoms with Crippen molar-refractivity contribution >= 4 is 0 Å². The van der Waals surface area contributed by atoms with Crippen LogP contribution in [0.15, 0.2) is 18.2 Å². The summed E-state index contributed by atoms with van der Waals surface area (Å²) in [5.41, 5.74) is 0.877. The van der Waals surface area contributed by atoms with Crippen LogP contribution in [0, 0.1) is 11.9 Å². The average Bonchev–Trinajstić information content (AvgIpc) is 2.20. The summed E-state index contributed by atoms with van der Waals surface area (Å²) in [6.45, 7) is 0. The molecule has 0 heterocycles. The van der Waals surface area contributed by atoms with Gasteiger partial charge in [-0.05, 0) is 24.3 Å². The van der Waals surface area contributed by atoms with Crippen LogP contribution in [0.3, 0.4) is 0 Å². The van der Waals surface area contributed by atoms with Gasteiger partial charge in [-0.3, -0.25) is 0 Å². The third-order valence-corrected chi connectivity index (χ3v) is 2.88. The van der Waals surface area contributed by atoms with E-state index in [2.05, 4.69) is 6.07 Å². The fourth-order valence-electron chi connectivity index (χ4n) is 2.16. The maximum absolute atomic E-state index is 13.3. The van der Waals surface area contributed by atoms with Crippen LogP contribution in [0.25, 0.3) is 0 Å². The highest BCUT2D eigenvalue weighted by molar-refractivity contribution is 5.21. The van der Waals surface area contributed by atoms with Crippen molar-refractivity contribution < 1.29 is 4.39 Å². The topological polar surface area (TPSA) is 0 Å². The van der Waals surface area contributed by atoms with Crippen molar-refractivity contribution in [2.75, 3.05) is 0 Å². The van der Waals surface area contributed by atoms with Crippen LogP contribution in [0.2, 0.25) is 0 Å². The molecular weight excluding hydrogens is 163 g/mol. The van der Waals surface area contributed by atoms with Crippen molar-refractivity contribution in [3.63, 3.8) is 0 Å². The van der Waals surface area contributed by atoms with Crippen LogP contribution in [0.4, 0.5) is 4.39 Å². The van der Waals surface area contributed by atoms with Crippen LogP contribution < -0.4 is 0 Å². The van der Waals surface area contributed by atoms with E-state index in [0.29, 0.717) is 5.92 Å². The molecule has 13 heavy (non-hydrogen) atoms. The Balaban J connectivity index is 2.18. The molecule has 1 radical (unpaired) electrons. The van der Waals surface area contributed by atoms with Crippen LogP contribution >= 0.6 is 0 Å². The SMILES string of the molecule is Fc1[c]cccc1C1CCCCC1. The molecule has 0 bridgehead atoms. The molecule has 0 unspecified atom stereocenters. The van der Waals surface area contributed by atoms with Crippen molar-refractivity contribution in [3.05, 3.63) is 35.6 Å². The van der Waals surface area contributed by atoms with Gasteiger partial charge in [0, 0.05) is 6.07 Å². The summed E-state index contributed by atoms with van der Waals surface area (Å²) in [6.07, 6.45) is 6.11. The molecule has 0 spiro atoms. The summed E-state index contributed by atoms with van der Waals surface area (Å²) in [7, 11) is 0. The first-order valence-corrected chi connectivity index (χ1v) is 5.04. The minimum atomic E-state index is -0.144. The van der Waals surface area contributed by atoms with Crippen molar-refractivity contribution in [3.8, 4) is 0 Å². The molecule has 1 aliphatic rings. The fraction of sp³-hybridized carbons (Fsp3) is 0.500. The van der Waals surface area contributed by atoms with E-state index in [9.17, 15) is 4.39 Å². The van der Waals surface area contributed by atoms with E-state index in [1.165, 1.54) is 19.3 Å². The monoisotopic (exact) mass is 177 g/mol. The maximum atomic E-state index is 13.3. The van der Waals surface area contributed by atoms with Crippen LogP contribution in [-0.2, 0) is 0 Å². The van der Waals surface area contributed by atoms with E-state index in [-0.39, 0.29) is 5.82 Å². The van der Waals surface area contributed by atoms with E-state index < -0.39 is 0 Å². The molecular formula is C12H14F. The van der Waals surface area contributed by atoms with E-state index in [4.69, 9.17) is 0 Å². The Kier molecular flexibility index (Phi) is 2.62. The van der Waals surface area contributed by atoms with Gasteiger partial charge in [0.2, 0.25) is 0 Å². The quantitative estimate of drug-likeness (QED) is 0.614. The molecule has 0 nitrogen and oxygen atoms in total. The van der Waals surface area contributed by atoms with Gasteiger partial charge in [-0.2, -0.15) is 0 Å². The van der Waals surface area contributed by atoms with Gasteiger partial charge in [0.05, 0.1) is 0 Å². The highest BCUT2D eigenvalue weighted by Gasteiger charge is 2.17. The number of halogens is 1. The summed E-state index contributed by atoms with van der Waals surface area (Å²) >= 11 is 0. The lowest BCUT2D eigenvalue weighted by molar-refractivity contribution is 0.429. The second kappa shape index (κ2) is 3.91. The molecule has 0 aliphatic heterocycles. The Labute approximate surface area is 78.8 Å². The summed E-state index contributed by atoms with van der Waals surface area (Å²) in [5.74, 6) is 0.306. The molecule has 0 atom stereocenters. The summed E-state index contributed by atoms with van der Waals surface area (Å²) < 4.78 is 13.3. The minimum Gasteiger partial charge on any atom is -0.206 e. The van der Waals surface area contributed by atoms with Gasteiger partial charge in [0.25, 0.3) is 0 Å². The molecule has 0 amide bonds. The van der Waals surface area contributed by atoms with E-state index in [1.54, 1.807) is 6.07 Å². The molecule has 1 fully saturated rings. The highest BCUT2D eigenvalue weighted by Crippen LogP contribution is 2.33. The van der Waals surface area contributed by atoms with Crippen LogP contribution in [0.5, 0.6) is 0 Å². The van der Waals surface area contributed by atoms with Gasteiger partial charge in [-0.15, -0.1) is 0 Å². The van der Waals surface area contributed by atoms with Crippen molar-refractivity contribution in [1.29, 1.82) is 0 Å². The van der Waals surface area contributed by atoms with Gasteiger partial charge in [-0.25, -0.2) is 4.39 Å². The van der Waals surface area contributed by atoms with Gasteiger partial charge in [0.15, 0.2) is 0 Å². The molecule has 0 N–H and O–H groups in total. The zero-order chi connectivity index (χ0) is 9.10. The highest BCUT2D eigenvalue weighted by atomic mass is 19.1.